The molecule has 0 aromatic rings. The molecule has 2 aliphatic heterocycles. The zero-order chi connectivity index (χ0) is 13.8. The van der Waals surface area contributed by atoms with Crippen LogP contribution in [0.1, 0.15) is 53.4 Å². The molecule has 0 aromatic carbocycles. The van der Waals surface area contributed by atoms with Crippen LogP contribution in [0.15, 0.2) is 0 Å². The van der Waals surface area contributed by atoms with E-state index in [-0.39, 0.29) is 0 Å². The second-order valence-corrected chi connectivity index (χ2v) is 6.76. The van der Waals surface area contributed by atoms with Crippen LogP contribution in [0.3, 0.4) is 0 Å². The molecule has 0 radical (unpaired) electrons. The first-order chi connectivity index (χ1) is 9.11. The molecule has 0 amide bonds. The van der Waals surface area contributed by atoms with E-state index in [1.54, 1.807) is 0 Å². The zero-order valence-corrected chi connectivity index (χ0v) is 13.4. The molecule has 2 rings (SSSR count). The van der Waals surface area contributed by atoms with E-state index in [0.717, 1.165) is 12.6 Å². The molecule has 2 saturated heterocycles. The van der Waals surface area contributed by atoms with E-state index in [9.17, 15) is 0 Å². The maximum atomic E-state index is 3.67. The van der Waals surface area contributed by atoms with Crippen LogP contribution in [0.25, 0.3) is 0 Å². The molecule has 2 heterocycles. The van der Waals surface area contributed by atoms with Crippen LogP contribution >= 0.6 is 0 Å². The molecule has 112 valence electrons. The van der Waals surface area contributed by atoms with Crippen LogP contribution in [-0.4, -0.2) is 60.1 Å². The topological polar surface area (TPSA) is 18.5 Å². The highest BCUT2D eigenvalue weighted by Crippen LogP contribution is 2.25. The van der Waals surface area contributed by atoms with Gasteiger partial charge in [-0.1, -0.05) is 13.3 Å². The van der Waals surface area contributed by atoms with Gasteiger partial charge >= 0.3 is 0 Å². The Labute approximate surface area is 119 Å². The lowest BCUT2D eigenvalue weighted by Crippen LogP contribution is -2.61. The van der Waals surface area contributed by atoms with Crippen LogP contribution in [0.2, 0.25) is 0 Å². The molecule has 2 fully saturated rings. The van der Waals surface area contributed by atoms with Crippen molar-refractivity contribution in [3.8, 4) is 0 Å². The molecular weight excluding hydrogens is 234 g/mol. The quantitative estimate of drug-likeness (QED) is 0.825. The number of nitrogens with zero attached hydrogens (tertiary/aromatic N) is 2. The average Bonchev–Trinajstić information content (AvgIpc) is 2.43. The van der Waals surface area contributed by atoms with E-state index in [4.69, 9.17) is 0 Å². The van der Waals surface area contributed by atoms with Crippen molar-refractivity contribution in [1.29, 1.82) is 0 Å². The average molecular weight is 267 g/mol. The molecule has 3 nitrogen and oxygen atoms in total. The highest BCUT2D eigenvalue weighted by molar-refractivity contribution is 4.91. The molecule has 0 spiro atoms. The third-order valence-corrected chi connectivity index (χ3v) is 5.18. The van der Waals surface area contributed by atoms with Crippen molar-refractivity contribution >= 4 is 0 Å². The van der Waals surface area contributed by atoms with Gasteiger partial charge in [0, 0.05) is 43.8 Å². The van der Waals surface area contributed by atoms with Gasteiger partial charge in [0.1, 0.15) is 0 Å². The normalized spacial score (nSPS) is 32.8. The first-order valence-corrected chi connectivity index (χ1v) is 8.35. The summed E-state index contributed by atoms with van der Waals surface area (Å²) in [6.07, 6.45) is 5.48. The summed E-state index contributed by atoms with van der Waals surface area (Å²) in [6.45, 7) is 14.4. The molecule has 19 heavy (non-hydrogen) atoms. The number of piperazine rings is 1. The summed E-state index contributed by atoms with van der Waals surface area (Å²) in [7, 11) is 0. The minimum atomic E-state index is 0.647. The van der Waals surface area contributed by atoms with Gasteiger partial charge in [0.2, 0.25) is 0 Å². The van der Waals surface area contributed by atoms with E-state index in [1.807, 2.05) is 0 Å². The maximum absolute atomic E-state index is 3.67. The molecule has 0 aromatic heterocycles. The van der Waals surface area contributed by atoms with Gasteiger partial charge in [-0.3, -0.25) is 9.80 Å². The Hall–Kier alpha value is -0.120. The fourth-order valence-corrected chi connectivity index (χ4v) is 3.62. The smallest absolute Gasteiger partial charge is 0.0224 e. The third-order valence-electron chi connectivity index (χ3n) is 5.18. The molecule has 4 atom stereocenters. The Balaban J connectivity index is 1.84. The number of fused-ring (bicyclic) bond motifs is 1. The predicted molar refractivity (Wildman–Crippen MR) is 82.6 cm³/mol. The molecule has 0 aliphatic carbocycles. The van der Waals surface area contributed by atoms with E-state index < -0.39 is 0 Å². The fraction of sp³-hybridized carbons (Fsp3) is 1.00. The first kappa shape index (κ1) is 15.3. The summed E-state index contributed by atoms with van der Waals surface area (Å²) in [5.41, 5.74) is 0. The van der Waals surface area contributed by atoms with Crippen LogP contribution in [0, 0.1) is 0 Å². The highest BCUT2D eigenvalue weighted by atomic mass is 15.3. The Morgan fingerprint density at radius 2 is 2.00 bits per heavy atom. The fourth-order valence-electron chi connectivity index (χ4n) is 3.62. The minimum Gasteiger partial charge on any atom is -0.313 e. The van der Waals surface area contributed by atoms with Gasteiger partial charge < -0.3 is 5.32 Å². The van der Waals surface area contributed by atoms with Gasteiger partial charge in [0.15, 0.2) is 0 Å². The Kier molecular flexibility index (Phi) is 5.67. The second kappa shape index (κ2) is 7.05. The van der Waals surface area contributed by atoms with Gasteiger partial charge in [-0.25, -0.2) is 0 Å². The summed E-state index contributed by atoms with van der Waals surface area (Å²) in [4.78, 5) is 5.47. The highest BCUT2D eigenvalue weighted by Gasteiger charge is 2.34. The van der Waals surface area contributed by atoms with Crippen molar-refractivity contribution in [2.45, 2.75) is 77.5 Å². The molecule has 0 bridgehead atoms. The Morgan fingerprint density at radius 1 is 1.21 bits per heavy atom. The Morgan fingerprint density at radius 3 is 2.74 bits per heavy atom. The van der Waals surface area contributed by atoms with Gasteiger partial charge in [-0.15, -0.1) is 0 Å². The lowest BCUT2D eigenvalue weighted by molar-refractivity contribution is -0.00412. The lowest BCUT2D eigenvalue weighted by Gasteiger charge is -2.49. The minimum absolute atomic E-state index is 0.647. The number of hydrogen-bond donors (Lipinski definition) is 1. The van der Waals surface area contributed by atoms with Gasteiger partial charge in [-0.05, 0) is 46.6 Å². The van der Waals surface area contributed by atoms with Crippen LogP contribution < -0.4 is 5.32 Å². The zero-order valence-electron chi connectivity index (χ0n) is 13.4. The van der Waals surface area contributed by atoms with Crippen LogP contribution in [0.4, 0.5) is 0 Å². The molecular formula is C16H33N3. The first-order valence-electron chi connectivity index (χ1n) is 8.35. The number of hydrogen-bond acceptors (Lipinski definition) is 3. The van der Waals surface area contributed by atoms with E-state index in [2.05, 4.69) is 42.8 Å². The van der Waals surface area contributed by atoms with Crippen LogP contribution in [0.5, 0.6) is 0 Å². The lowest BCUT2D eigenvalue weighted by atomic mass is 9.96. The van der Waals surface area contributed by atoms with Crippen molar-refractivity contribution in [3.63, 3.8) is 0 Å². The van der Waals surface area contributed by atoms with Crippen molar-refractivity contribution in [2.75, 3.05) is 26.2 Å². The van der Waals surface area contributed by atoms with Gasteiger partial charge in [0.05, 0.1) is 0 Å². The molecule has 2 aliphatic rings. The summed E-state index contributed by atoms with van der Waals surface area (Å²) in [5, 5.41) is 3.67. The number of nitrogens with one attached hydrogen (secondary N) is 1. The molecule has 0 saturated carbocycles. The van der Waals surface area contributed by atoms with Crippen molar-refractivity contribution in [2.24, 2.45) is 0 Å². The van der Waals surface area contributed by atoms with E-state index in [0.29, 0.717) is 18.1 Å². The summed E-state index contributed by atoms with van der Waals surface area (Å²) < 4.78 is 0. The van der Waals surface area contributed by atoms with Crippen molar-refractivity contribution in [3.05, 3.63) is 0 Å². The van der Waals surface area contributed by atoms with Crippen molar-refractivity contribution < 1.29 is 0 Å². The number of rotatable bonds is 5. The number of piperidine rings is 1. The predicted octanol–water partition coefficient (Wildman–Crippen LogP) is 2.32. The second-order valence-electron chi connectivity index (χ2n) is 6.76. The largest absolute Gasteiger partial charge is 0.313 e. The maximum Gasteiger partial charge on any atom is 0.0224 e. The monoisotopic (exact) mass is 267 g/mol. The summed E-state index contributed by atoms with van der Waals surface area (Å²) >= 11 is 0. The van der Waals surface area contributed by atoms with E-state index in [1.165, 1.54) is 45.3 Å². The SMILES string of the molecule is CCC(C)NCC(C)N1CC2CCCCN2CC1C. The van der Waals surface area contributed by atoms with Gasteiger partial charge in [0.25, 0.3) is 0 Å². The molecule has 1 N–H and O–H groups in total. The molecule has 3 heteroatoms. The summed E-state index contributed by atoms with van der Waals surface area (Å²) in [5.74, 6) is 0. The van der Waals surface area contributed by atoms with E-state index >= 15 is 0 Å². The molecule has 4 unspecified atom stereocenters. The van der Waals surface area contributed by atoms with Gasteiger partial charge in [-0.2, -0.15) is 0 Å². The standard InChI is InChI=1S/C16H33N3/c1-5-13(2)17-10-14(3)19-12-16-8-6-7-9-18(16)11-15(19)4/h13-17H,5-12H2,1-4H3. The summed E-state index contributed by atoms with van der Waals surface area (Å²) in [6, 6.07) is 2.85. The third kappa shape index (κ3) is 3.93. The van der Waals surface area contributed by atoms with Crippen LogP contribution in [-0.2, 0) is 0 Å². The van der Waals surface area contributed by atoms with Crippen molar-refractivity contribution in [1.82, 2.24) is 15.1 Å². The Bertz CT molecular complexity index is 269.